The molecule has 5 fully saturated rings. The molecule has 9 atom stereocenters. The number of carbonyl (C=O) groups is 1. The van der Waals surface area contributed by atoms with Gasteiger partial charge in [0.15, 0.2) is 11.4 Å². The van der Waals surface area contributed by atoms with Gasteiger partial charge in [0.1, 0.15) is 6.10 Å². The monoisotopic (exact) mass is 1940 g/mol. The fraction of sp³-hybridized carbons (Fsp3) is 0.922. The van der Waals surface area contributed by atoms with Crippen molar-refractivity contribution in [3.63, 3.8) is 0 Å². The lowest BCUT2D eigenvalue weighted by atomic mass is 10.1. The van der Waals surface area contributed by atoms with E-state index in [1.54, 1.807) is 25.8 Å². The topological polar surface area (TPSA) is 360 Å². The minimum atomic E-state index is -1.35. The van der Waals surface area contributed by atoms with Crippen LogP contribution in [-0.2, 0) is 65.6 Å². The minimum Gasteiger partial charge on any atom is -0.467 e. The number of H-pyrrole nitrogens is 1. The van der Waals surface area contributed by atoms with Crippen molar-refractivity contribution < 1.29 is 96.9 Å². The Labute approximate surface area is 810 Å². The number of nitrogens with zero attached hydrogens (tertiary/aromatic N) is 2. The van der Waals surface area contributed by atoms with Gasteiger partial charge in [0.05, 0.1) is 95.3 Å². The van der Waals surface area contributed by atoms with E-state index < -0.39 is 62.0 Å². The van der Waals surface area contributed by atoms with Gasteiger partial charge in [0, 0.05) is 117 Å². The Balaban J connectivity index is -0.000000101. The molecule has 2 saturated heterocycles. The maximum absolute atomic E-state index is 11.3. The van der Waals surface area contributed by atoms with Gasteiger partial charge in [-0.25, -0.2) is 9.78 Å². The number of rotatable bonds is 15. The second-order valence-electron chi connectivity index (χ2n) is 39.8. The number of aromatic nitrogens is 3. The van der Waals surface area contributed by atoms with Crippen LogP contribution in [-0.4, -0.2) is 251 Å². The van der Waals surface area contributed by atoms with Gasteiger partial charge in [-0.15, -0.1) is 0 Å². The van der Waals surface area contributed by atoms with E-state index in [1.165, 1.54) is 83.7 Å². The van der Waals surface area contributed by atoms with Crippen LogP contribution in [0.4, 0.5) is 0 Å². The molecule has 0 aromatic carbocycles. The van der Waals surface area contributed by atoms with Crippen LogP contribution < -0.4 is 0 Å². The maximum Gasteiger partial charge on any atom is 0.337 e. The van der Waals surface area contributed by atoms with Crippen molar-refractivity contribution in [3.05, 3.63) is 42.2 Å². The summed E-state index contributed by atoms with van der Waals surface area (Å²) in [6, 6.07) is 4.92. The number of hydrogen-bond acceptors (Lipinski definition) is 22. The smallest absolute Gasteiger partial charge is 0.337 e. The number of aliphatic hydroxyl groups excluding tert-OH is 9. The number of imidazole rings is 1. The molecule has 790 valence electrons. The fourth-order valence-electron chi connectivity index (χ4n) is 10.0. The summed E-state index contributed by atoms with van der Waals surface area (Å²) in [6.45, 7) is 94.0. The number of nitrogens with one attached hydrogen (secondary N) is 1. The average Bonchev–Trinajstić information content (AvgIpc) is 1.74. The molecule has 27 heteroatoms. The molecule has 7 unspecified atom stereocenters. The molecule has 2 aromatic rings. The van der Waals surface area contributed by atoms with Crippen molar-refractivity contribution >= 4 is 50.1 Å². The van der Waals surface area contributed by atoms with Gasteiger partial charge in [0.25, 0.3) is 0 Å². The highest BCUT2D eigenvalue weighted by Gasteiger charge is 2.32. The molecule has 0 spiro atoms. The molecule has 0 radical (unpaired) electrons. The van der Waals surface area contributed by atoms with Crippen molar-refractivity contribution in [1.82, 2.24) is 14.5 Å². The summed E-state index contributed by atoms with van der Waals surface area (Å²) >= 11 is 2.01. The summed E-state index contributed by atoms with van der Waals surface area (Å²) in [5, 5.41) is 87.5. The molecule has 23 nitrogen and oxygen atoms in total. The molecule has 5 aliphatic rings. The predicted molar refractivity (Wildman–Crippen MR) is 563 cm³/mol. The van der Waals surface area contributed by atoms with E-state index in [-0.39, 0.29) is 92.5 Å². The Morgan fingerprint density at radius 3 is 1.04 bits per heavy atom. The van der Waals surface area contributed by atoms with Crippen molar-refractivity contribution in [2.75, 3.05) is 67.1 Å². The Kier molecular flexibility index (Phi) is 116. The lowest BCUT2D eigenvalue weighted by Gasteiger charge is -2.20. The fourth-order valence-corrected chi connectivity index (χ4v) is 15.7. The molecule has 129 heavy (non-hydrogen) atoms. The molecule has 4 heterocycles. The summed E-state index contributed by atoms with van der Waals surface area (Å²) in [5.41, 5.74) is 0.995. The van der Waals surface area contributed by atoms with E-state index in [4.69, 9.17) is 74.7 Å². The number of aromatic amines is 1. The number of esters is 1. The van der Waals surface area contributed by atoms with Crippen LogP contribution in [0.15, 0.2) is 30.9 Å². The number of thioether (sulfide) groups is 1. The largest absolute Gasteiger partial charge is 0.467 e. The molecule has 3 saturated carbocycles. The zero-order valence-corrected chi connectivity index (χ0v) is 96.2. The van der Waals surface area contributed by atoms with E-state index >= 15 is 0 Å². The first-order valence-electron chi connectivity index (χ1n) is 48.5. The first-order valence-corrected chi connectivity index (χ1v) is 53.0. The van der Waals surface area contributed by atoms with Gasteiger partial charge in [0.2, 0.25) is 0 Å². The van der Waals surface area contributed by atoms with Crippen molar-refractivity contribution in [3.8, 4) is 0 Å². The van der Waals surface area contributed by atoms with Crippen molar-refractivity contribution in [1.29, 1.82) is 0 Å². The molecule has 3 aliphatic carbocycles. The van der Waals surface area contributed by atoms with E-state index in [1.807, 2.05) is 157 Å². The van der Waals surface area contributed by atoms with Crippen LogP contribution >= 0.6 is 11.8 Å². The number of aliphatic hydroxyl groups is 10. The molecule has 2 aliphatic heterocycles. The summed E-state index contributed by atoms with van der Waals surface area (Å²) in [4.78, 5) is 16.8. The van der Waals surface area contributed by atoms with E-state index in [0.717, 1.165) is 82.0 Å². The number of methoxy groups -OCH3 is 2. The van der Waals surface area contributed by atoms with Crippen LogP contribution in [0.5, 0.6) is 0 Å². The predicted octanol–water partition coefficient (Wildman–Crippen LogP) is 23.0. The zero-order valence-electron chi connectivity index (χ0n) is 92.9. The SMILES string of the molecule is CC(C)CCO.CC(C)OCCO.CC(C)S(=O)C(C)(C)C.CC(C)SC(C)(C)C.CC(C)[S@@](=O)C(C)(C)C.CC(C)[S@](=O)C(C)(C)C.CC1(C)OCC(CO)O1.CC1CCC(O)C1.CCC.CCC.CCC.CCC.CCC.COC(=O)C(C)(C)O.COC(C)(C)CO.Cc1ccc(C)n1C(C)C.OC1CCCC1.OC1CCCC1O.OCC1CCCO1.c1c[nH]cn1. The zero-order chi connectivity index (χ0) is 105. The number of ether oxygens (including phenoxy) is 6. The second kappa shape index (κ2) is 96.4. The molecule has 0 bridgehead atoms. The van der Waals surface area contributed by atoms with Gasteiger partial charge in [-0.3, -0.25) is 12.6 Å². The van der Waals surface area contributed by atoms with Crippen LogP contribution in [0.1, 0.15) is 431 Å². The van der Waals surface area contributed by atoms with E-state index in [2.05, 4.69) is 184 Å². The van der Waals surface area contributed by atoms with E-state index in [9.17, 15) is 17.4 Å². The molecule has 7 rings (SSSR count). The van der Waals surface area contributed by atoms with E-state index in [0.29, 0.717) is 36.5 Å². The first-order chi connectivity index (χ1) is 58.9. The van der Waals surface area contributed by atoms with Crippen molar-refractivity contribution in [2.24, 2.45) is 11.8 Å². The van der Waals surface area contributed by atoms with Gasteiger partial charge < -0.3 is 89.0 Å². The quantitative estimate of drug-likeness (QED) is 0.0738. The highest BCUT2D eigenvalue weighted by molar-refractivity contribution is 8.01. The normalized spacial score (nSPS) is 18.1. The molecular weight excluding hydrogens is 1720 g/mol. The highest BCUT2D eigenvalue weighted by atomic mass is 32.2. The number of aryl methyl sites for hydroxylation is 2. The number of hydrogen-bond donors (Lipinski definition) is 11. The lowest BCUT2D eigenvalue weighted by molar-refractivity contribution is -0.158. The van der Waals surface area contributed by atoms with Gasteiger partial charge in [-0.1, -0.05) is 211 Å². The average molecular weight is 1940 g/mol. The van der Waals surface area contributed by atoms with Gasteiger partial charge in [-0.05, 0) is 245 Å². The Bertz CT molecular complexity index is 2480. The van der Waals surface area contributed by atoms with Crippen LogP contribution in [0.3, 0.4) is 0 Å². The molecule has 11 N–H and O–H groups in total. The molecule has 2 aromatic heterocycles. The second-order valence-corrected chi connectivity index (χ2v) is 50.5. The first kappa shape index (κ1) is 155. The third-order valence-corrected chi connectivity index (χ3v) is 23.1. The van der Waals surface area contributed by atoms with Gasteiger partial charge >= 0.3 is 5.97 Å². The van der Waals surface area contributed by atoms with Crippen molar-refractivity contribution in [2.45, 2.75) is 533 Å². The standard InChI is InChI=1S/C9H15N.3C7H16OS.C7H16S.C6H12O3.C6H12O.C5H10O3.2C5H10O2.2C5H12O2.C5H10O.C5H12O.C3H4N2.5C3H8/c1-7(2)10-8(3)5-6-9(10)4;3*1-6(2)9(8)7(3,4)5;1-6(2)8-7(3,4)5;1-6(2)8-4-5(3-7)9-6;1-5-2-3-6(7)4-5;1-5(2,7)4(6)8-3;6-4-5-2-1-3-7-5;6-4-2-1-3-5(4)7;1-5(2,4-6)7-3;1-5(2)7-4-3-6;6-5-3-1-2-4-5;1-5(2)3-4-6;1-2-5-3-4-1;5*1-3-2/h5-7H,1-4H3;3*6H,1-5H3;6H,1-5H3;5,7H,3-4H2,1-2H3;5-7H,2-4H2,1H3;7H,1-3H3;5-6H,1-4H2;4-7H,1-3H2;6H,4H2,1-3H3;5-6H,3-4H2,1-2H3;5-6H,1-4H2;5-6H,3-4H2,1-2H3;1-3H,(H,4,5);5*3H2,1-2H3/t;2*9-;;;;;;;;;;;;;;;;;/m.10................./s1. The molecule has 0 amide bonds. The Morgan fingerprint density at radius 2 is 0.953 bits per heavy atom. The maximum atomic E-state index is 11.3. The summed E-state index contributed by atoms with van der Waals surface area (Å²) < 4.78 is 65.9. The minimum absolute atomic E-state index is 0.0231. The summed E-state index contributed by atoms with van der Waals surface area (Å²) in [6.07, 6.45) is 24.3. The Morgan fingerprint density at radius 1 is 0.566 bits per heavy atom. The summed E-state index contributed by atoms with van der Waals surface area (Å²) in [7, 11) is 0.749. The highest BCUT2D eigenvalue weighted by Crippen LogP contribution is 2.28. The lowest BCUT2D eigenvalue weighted by Crippen LogP contribution is -2.31. The van der Waals surface area contributed by atoms with Crippen LogP contribution in [0.25, 0.3) is 0 Å². The van der Waals surface area contributed by atoms with Gasteiger partial charge in [-0.2, -0.15) is 11.8 Å². The molecular formula is C102H223N3O20S4. The Hall–Kier alpha value is -1.84. The summed E-state index contributed by atoms with van der Waals surface area (Å²) in [5.74, 6) is 0.315. The number of carbonyl (C=O) groups excluding carboxylic acids is 1. The third kappa shape index (κ3) is 126. The third-order valence-electron chi connectivity index (χ3n) is 15.7. The van der Waals surface area contributed by atoms with Crippen LogP contribution in [0, 0.1) is 25.7 Å². The van der Waals surface area contributed by atoms with Crippen LogP contribution in [0.2, 0.25) is 0 Å².